The molecule has 0 bridgehead atoms. The third-order valence-electron chi connectivity index (χ3n) is 6.41. The van der Waals surface area contributed by atoms with Crippen molar-refractivity contribution >= 4 is 9.84 Å². The molecule has 0 aliphatic carbocycles. The molecule has 1 atom stereocenters. The Hall–Kier alpha value is -3.02. The monoisotopic (exact) mass is 585 g/mol. The van der Waals surface area contributed by atoms with Crippen molar-refractivity contribution in [2.75, 3.05) is 32.6 Å². The summed E-state index contributed by atoms with van der Waals surface area (Å²) in [4.78, 5) is 1.70. The van der Waals surface area contributed by atoms with Gasteiger partial charge in [-0.15, -0.1) is 0 Å². The average molecular weight is 586 g/mol. The number of alkyl halides is 3. The van der Waals surface area contributed by atoms with Crippen LogP contribution in [0.3, 0.4) is 0 Å². The fourth-order valence-electron chi connectivity index (χ4n) is 4.46. The molecule has 11 heteroatoms. The molecule has 0 spiro atoms. The summed E-state index contributed by atoms with van der Waals surface area (Å²) in [5.74, 6) is -1.21. The first-order valence-corrected chi connectivity index (χ1v) is 14.6. The van der Waals surface area contributed by atoms with Crippen LogP contribution < -0.4 is 4.74 Å². The van der Waals surface area contributed by atoms with Crippen LogP contribution in [0.25, 0.3) is 0 Å². The molecule has 40 heavy (non-hydrogen) atoms. The lowest BCUT2D eigenvalue weighted by Crippen LogP contribution is -2.29. The van der Waals surface area contributed by atoms with Gasteiger partial charge in [-0.3, -0.25) is 4.90 Å². The summed E-state index contributed by atoms with van der Waals surface area (Å²) in [5.41, 5.74) is 0.493. The van der Waals surface area contributed by atoms with Crippen molar-refractivity contribution in [3.8, 4) is 5.75 Å². The van der Waals surface area contributed by atoms with Gasteiger partial charge >= 0.3 is 6.18 Å². The number of sulfone groups is 1. The standard InChI is InChI=1S/C29H32F5NO4S/c1-20(22-7-9-24(30)10-8-22)18-35(19-21-5-3-6-23(15-21)29(32,33)34)12-4-14-39-25-16-27(31)26(11-13-36)28(17-25)40(2,37)38/h3,5-10,15-17,20,36H,4,11-14,18-19H2,1-2H3. The summed E-state index contributed by atoms with van der Waals surface area (Å²) < 4.78 is 97.6. The lowest BCUT2D eigenvalue weighted by Gasteiger charge is -2.26. The van der Waals surface area contributed by atoms with Crippen LogP contribution in [0.15, 0.2) is 65.6 Å². The third kappa shape index (κ3) is 9.00. The van der Waals surface area contributed by atoms with Crippen LogP contribution in [-0.4, -0.2) is 51.0 Å². The predicted octanol–water partition coefficient (Wildman–Crippen LogP) is 6.00. The highest BCUT2D eigenvalue weighted by Gasteiger charge is 2.30. The van der Waals surface area contributed by atoms with Crippen molar-refractivity contribution in [1.29, 1.82) is 0 Å². The van der Waals surface area contributed by atoms with Gasteiger partial charge in [0.05, 0.1) is 17.1 Å². The molecule has 0 aliphatic heterocycles. The second kappa shape index (κ2) is 13.6. The van der Waals surface area contributed by atoms with Crippen LogP contribution in [-0.2, 0) is 29.0 Å². The molecular weight excluding hydrogens is 553 g/mol. The highest BCUT2D eigenvalue weighted by molar-refractivity contribution is 7.90. The van der Waals surface area contributed by atoms with Gasteiger partial charge in [0.1, 0.15) is 17.4 Å². The lowest BCUT2D eigenvalue weighted by atomic mass is 10.00. The first-order chi connectivity index (χ1) is 18.8. The summed E-state index contributed by atoms with van der Waals surface area (Å²) in [5, 5.41) is 9.17. The van der Waals surface area contributed by atoms with E-state index >= 15 is 0 Å². The third-order valence-corrected chi connectivity index (χ3v) is 7.57. The van der Waals surface area contributed by atoms with E-state index in [-0.39, 0.29) is 47.5 Å². The maximum absolute atomic E-state index is 14.6. The van der Waals surface area contributed by atoms with Gasteiger partial charge < -0.3 is 9.84 Å². The second-order valence-electron chi connectivity index (χ2n) is 9.72. The Kier molecular flexibility index (Phi) is 10.7. The number of aliphatic hydroxyl groups excluding tert-OH is 1. The van der Waals surface area contributed by atoms with E-state index in [0.29, 0.717) is 25.1 Å². The molecule has 1 N–H and O–H groups in total. The Labute approximate surface area is 231 Å². The SMILES string of the molecule is CC(CN(CCCOc1cc(F)c(CCO)c(S(C)(=O)=O)c1)Cc1cccc(C(F)(F)F)c1)c1ccc(F)cc1. The summed E-state index contributed by atoms with van der Waals surface area (Å²) in [6.45, 7) is 2.70. The minimum Gasteiger partial charge on any atom is -0.493 e. The number of hydrogen-bond acceptors (Lipinski definition) is 5. The zero-order valence-corrected chi connectivity index (χ0v) is 23.0. The highest BCUT2D eigenvalue weighted by Crippen LogP contribution is 2.30. The van der Waals surface area contributed by atoms with Gasteiger partial charge in [0.25, 0.3) is 0 Å². The molecule has 0 saturated heterocycles. The molecule has 0 radical (unpaired) electrons. The Balaban J connectivity index is 1.73. The minimum absolute atomic E-state index is 0.0173. The summed E-state index contributed by atoms with van der Waals surface area (Å²) in [6, 6.07) is 13.4. The van der Waals surface area contributed by atoms with Gasteiger partial charge in [0.15, 0.2) is 9.84 Å². The number of ether oxygens (including phenoxy) is 1. The van der Waals surface area contributed by atoms with E-state index in [9.17, 15) is 30.4 Å². The largest absolute Gasteiger partial charge is 0.493 e. The highest BCUT2D eigenvalue weighted by atomic mass is 32.2. The molecule has 3 rings (SSSR count). The number of halogens is 5. The zero-order valence-electron chi connectivity index (χ0n) is 22.2. The summed E-state index contributed by atoms with van der Waals surface area (Å²) in [7, 11) is -3.78. The lowest BCUT2D eigenvalue weighted by molar-refractivity contribution is -0.137. The predicted molar refractivity (Wildman–Crippen MR) is 142 cm³/mol. The topological polar surface area (TPSA) is 66.8 Å². The summed E-state index contributed by atoms with van der Waals surface area (Å²) in [6.07, 6.45) is -3.28. The van der Waals surface area contributed by atoms with Gasteiger partial charge in [-0.25, -0.2) is 17.2 Å². The first-order valence-electron chi connectivity index (χ1n) is 12.7. The number of nitrogens with zero attached hydrogens (tertiary/aromatic N) is 1. The van der Waals surface area contributed by atoms with Crippen LogP contribution in [0.4, 0.5) is 22.0 Å². The smallest absolute Gasteiger partial charge is 0.416 e. The molecule has 3 aromatic carbocycles. The van der Waals surface area contributed by atoms with Gasteiger partial charge in [0, 0.05) is 44.1 Å². The maximum Gasteiger partial charge on any atom is 0.416 e. The van der Waals surface area contributed by atoms with Gasteiger partial charge in [-0.1, -0.05) is 37.3 Å². The number of aliphatic hydroxyl groups is 1. The van der Waals surface area contributed by atoms with E-state index in [4.69, 9.17) is 9.84 Å². The Bertz CT molecular complexity index is 1380. The average Bonchev–Trinajstić information content (AvgIpc) is 2.87. The van der Waals surface area contributed by atoms with Crippen LogP contribution in [0.2, 0.25) is 0 Å². The molecule has 0 amide bonds. The maximum atomic E-state index is 14.6. The minimum atomic E-state index is -4.47. The van der Waals surface area contributed by atoms with Crippen molar-refractivity contribution < 1.29 is 40.2 Å². The number of rotatable bonds is 13. The molecule has 3 aromatic rings. The van der Waals surface area contributed by atoms with Gasteiger partial charge in [0.2, 0.25) is 0 Å². The number of benzene rings is 3. The van der Waals surface area contributed by atoms with Crippen LogP contribution in [0, 0.1) is 11.6 Å². The van der Waals surface area contributed by atoms with Gasteiger partial charge in [-0.05, 0) is 54.2 Å². The normalized spacial score (nSPS) is 13.0. The van der Waals surface area contributed by atoms with Crippen LogP contribution in [0.5, 0.6) is 5.75 Å². The van der Waals surface area contributed by atoms with Gasteiger partial charge in [-0.2, -0.15) is 13.2 Å². The molecule has 0 fully saturated rings. The van der Waals surface area contributed by atoms with Crippen molar-refractivity contribution in [3.63, 3.8) is 0 Å². The molecule has 1 unspecified atom stereocenters. The zero-order chi connectivity index (χ0) is 29.5. The first kappa shape index (κ1) is 31.5. The second-order valence-corrected chi connectivity index (χ2v) is 11.7. The van der Waals surface area contributed by atoms with Crippen molar-refractivity contribution in [3.05, 3.63) is 94.6 Å². The Morgan fingerprint density at radius 2 is 1.73 bits per heavy atom. The van der Waals surface area contributed by atoms with E-state index in [1.54, 1.807) is 18.2 Å². The Morgan fingerprint density at radius 1 is 1.02 bits per heavy atom. The number of hydrogen-bond donors (Lipinski definition) is 1. The van der Waals surface area contributed by atoms with E-state index in [2.05, 4.69) is 0 Å². The molecule has 218 valence electrons. The van der Waals surface area contributed by atoms with E-state index in [1.165, 1.54) is 24.3 Å². The van der Waals surface area contributed by atoms with E-state index in [0.717, 1.165) is 30.0 Å². The van der Waals surface area contributed by atoms with Crippen molar-refractivity contribution in [2.24, 2.45) is 0 Å². The molecule has 0 aliphatic rings. The van der Waals surface area contributed by atoms with Crippen molar-refractivity contribution in [2.45, 2.75) is 43.3 Å². The quantitative estimate of drug-likeness (QED) is 0.197. The molecule has 5 nitrogen and oxygen atoms in total. The molecule has 0 saturated carbocycles. The molecule has 0 heterocycles. The molecule has 0 aromatic heterocycles. The fraction of sp³-hybridized carbons (Fsp3) is 0.379. The van der Waals surface area contributed by atoms with E-state index in [1.807, 2.05) is 11.8 Å². The van der Waals surface area contributed by atoms with Crippen LogP contribution >= 0.6 is 0 Å². The summed E-state index contributed by atoms with van der Waals surface area (Å²) >= 11 is 0. The van der Waals surface area contributed by atoms with E-state index < -0.39 is 34.0 Å². The van der Waals surface area contributed by atoms with Crippen LogP contribution in [0.1, 0.15) is 41.5 Å². The fourth-order valence-corrected chi connectivity index (χ4v) is 5.43. The van der Waals surface area contributed by atoms with Crippen molar-refractivity contribution in [1.82, 2.24) is 4.90 Å². The molecular formula is C29H32F5NO4S. The Morgan fingerprint density at radius 3 is 2.35 bits per heavy atom.